The van der Waals surface area contributed by atoms with Crippen LogP contribution in [0.5, 0.6) is 0 Å². The summed E-state index contributed by atoms with van der Waals surface area (Å²) in [7, 11) is 0. The minimum atomic E-state index is -0.389. The maximum atomic E-state index is 6.02. The standard InChI is InChI=1S/C13H18NOS/c1-2-9-15-13(11-16-10-8-14-13)12-6-4-3-5-7-12/h3-7H,2,8-11H2,1H3. The third-order valence-electron chi connectivity index (χ3n) is 2.67. The van der Waals surface area contributed by atoms with Crippen molar-refractivity contribution in [2.45, 2.75) is 19.1 Å². The minimum absolute atomic E-state index is 0.389. The summed E-state index contributed by atoms with van der Waals surface area (Å²) in [6.45, 7) is 3.80. The molecule has 0 saturated carbocycles. The predicted molar refractivity (Wildman–Crippen MR) is 68.7 cm³/mol. The molecule has 2 rings (SSSR count). The Kier molecular flexibility index (Phi) is 4.27. The van der Waals surface area contributed by atoms with Crippen LogP contribution in [0.2, 0.25) is 0 Å². The van der Waals surface area contributed by atoms with E-state index in [0.717, 1.165) is 31.1 Å². The first-order valence-electron chi connectivity index (χ1n) is 5.83. The van der Waals surface area contributed by atoms with Crippen LogP contribution in [-0.4, -0.2) is 24.7 Å². The average Bonchev–Trinajstić information content (AvgIpc) is 2.38. The van der Waals surface area contributed by atoms with Crippen molar-refractivity contribution in [3.05, 3.63) is 35.9 Å². The summed E-state index contributed by atoms with van der Waals surface area (Å²) in [6.07, 6.45) is 1.04. The molecule has 1 saturated heterocycles. The zero-order valence-corrected chi connectivity index (χ0v) is 10.5. The highest BCUT2D eigenvalue weighted by molar-refractivity contribution is 7.99. The van der Waals surface area contributed by atoms with Gasteiger partial charge in [0.25, 0.3) is 0 Å². The van der Waals surface area contributed by atoms with E-state index in [1.54, 1.807) is 0 Å². The second-order valence-electron chi connectivity index (χ2n) is 3.93. The van der Waals surface area contributed by atoms with Crippen LogP contribution in [0.15, 0.2) is 30.3 Å². The molecule has 1 radical (unpaired) electrons. The number of rotatable bonds is 4. The summed E-state index contributed by atoms with van der Waals surface area (Å²) < 4.78 is 6.02. The number of ether oxygens (including phenoxy) is 1. The van der Waals surface area contributed by atoms with E-state index in [1.807, 2.05) is 17.8 Å². The third kappa shape index (κ3) is 2.59. The third-order valence-corrected chi connectivity index (χ3v) is 3.74. The van der Waals surface area contributed by atoms with Crippen LogP contribution in [0.1, 0.15) is 18.9 Å². The number of thioether (sulfide) groups is 1. The first-order chi connectivity index (χ1) is 7.87. The van der Waals surface area contributed by atoms with Gasteiger partial charge in [-0.2, -0.15) is 11.8 Å². The van der Waals surface area contributed by atoms with Crippen LogP contribution in [-0.2, 0) is 10.5 Å². The molecule has 2 nitrogen and oxygen atoms in total. The van der Waals surface area contributed by atoms with Crippen molar-refractivity contribution in [2.75, 3.05) is 24.7 Å². The Hall–Kier alpha value is -0.510. The maximum Gasteiger partial charge on any atom is 0.169 e. The zero-order valence-electron chi connectivity index (χ0n) is 9.69. The molecule has 1 aliphatic rings. The monoisotopic (exact) mass is 236 g/mol. The lowest BCUT2D eigenvalue weighted by molar-refractivity contribution is -0.0621. The fourth-order valence-electron chi connectivity index (χ4n) is 1.86. The van der Waals surface area contributed by atoms with Gasteiger partial charge in [0.15, 0.2) is 5.72 Å². The topological polar surface area (TPSA) is 23.3 Å². The Balaban J connectivity index is 2.19. The lowest BCUT2D eigenvalue weighted by Gasteiger charge is -2.36. The molecule has 0 N–H and O–H groups in total. The van der Waals surface area contributed by atoms with Crippen molar-refractivity contribution < 1.29 is 4.74 Å². The van der Waals surface area contributed by atoms with E-state index in [-0.39, 0.29) is 5.72 Å². The molecule has 87 valence electrons. The van der Waals surface area contributed by atoms with Crippen LogP contribution in [0.4, 0.5) is 0 Å². The van der Waals surface area contributed by atoms with Gasteiger partial charge in [0.1, 0.15) is 0 Å². The van der Waals surface area contributed by atoms with Crippen molar-refractivity contribution in [1.29, 1.82) is 0 Å². The lowest BCUT2D eigenvalue weighted by atomic mass is 10.0. The van der Waals surface area contributed by atoms with Gasteiger partial charge >= 0.3 is 0 Å². The van der Waals surface area contributed by atoms with Crippen LogP contribution < -0.4 is 5.32 Å². The molecule has 3 heteroatoms. The molecule has 1 heterocycles. The summed E-state index contributed by atoms with van der Waals surface area (Å²) in [5.41, 5.74) is 0.802. The fourth-order valence-corrected chi connectivity index (χ4v) is 2.84. The quantitative estimate of drug-likeness (QED) is 0.802. The van der Waals surface area contributed by atoms with Crippen LogP contribution in [0, 0.1) is 0 Å². The van der Waals surface area contributed by atoms with E-state index in [1.165, 1.54) is 5.56 Å². The van der Waals surface area contributed by atoms with E-state index in [0.29, 0.717) is 0 Å². The Morgan fingerprint density at radius 1 is 1.38 bits per heavy atom. The smallest absolute Gasteiger partial charge is 0.169 e. The molecule has 0 bridgehead atoms. The van der Waals surface area contributed by atoms with Crippen molar-refractivity contribution in [2.24, 2.45) is 0 Å². The zero-order chi connectivity index (χ0) is 11.3. The Bertz CT molecular complexity index is 309. The van der Waals surface area contributed by atoms with Crippen LogP contribution in [0.25, 0.3) is 0 Å². The maximum absolute atomic E-state index is 6.02. The summed E-state index contributed by atoms with van der Waals surface area (Å²) in [4.78, 5) is 0. The highest BCUT2D eigenvalue weighted by atomic mass is 32.2. The molecule has 1 fully saturated rings. The molecular formula is C13H18NOS. The Morgan fingerprint density at radius 3 is 2.81 bits per heavy atom. The Labute approximate surface area is 102 Å². The number of benzene rings is 1. The van der Waals surface area contributed by atoms with Gasteiger partial charge < -0.3 is 4.74 Å². The van der Waals surface area contributed by atoms with E-state index < -0.39 is 0 Å². The van der Waals surface area contributed by atoms with Gasteiger partial charge in [-0.1, -0.05) is 37.3 Å². The molecule has 16 heavy (non-hydrogen) atoms. The minimum Gasteiger partial charge on any atom is -0.354 e. The first kappa shape index (κ1) is 12.0. The molecule has 1 aromatic rings. The lowest BCUT2D eigenvalue weighted by Crippen LogP contribution is -2.46. The number of nitrogens with zero attached hydrogens (tertiary/aromatic N) is 1. The first-order valence-corrected chi connectivity index (χ1v) is 6.99. The van der Waals surface area contributed by atoms with Crippen molar-refractivity contribution >= 4 is 11.8 Å². The predicted octanol–water partition coefficient (Wildman–Crippen LogP) is 2.62. The van der Waals surface area contributed by atoms with Gasteiger partial charge in [0, 0.05) is 30.2 Å². The van der Waals surface area contributed by atoms with Crippen molar-refractivity contribution in [3.8, 4) is 0 Å². The number of hydrogen-bond acceptors (Lipinski definition) is 2. The van der Waals surface area contributed by atoms with E-state index in [9.17, 15) is 0 Å². The molecular weight excluding hydrogens is 218 g/mol. The molecule has 0 amide bonds. The summed E-state index contributed by atoms with van der Waals surface area (Å²) in [6, 6.07) is 10.4. The summed E-state index contributed by atoms with van der Waals surface area (Å²) in [5, 5.41) is 4.73. The highest BCUT2D eigenvalue weighted by Gasteiger charge is 2.36. The summed E-state index contributed by atoms with van der Waals surface area (Å²) in [5.74, 6) is 2.06. The normalized spacial score (nSPS) is 25.6. The van der Waals surface area contributed by atoms with Crippen LogP contribution >= 0.6 is 11.8 Å². The molecule has 0 aromatic heterocycles. The molecule has 1 atom stereocenters. The largest absolute Gasteiger partial charge is 0.354 e. The molecule has 1 unspecified atom stereocenters. The van der Waals surface area contributed by atoms with Crippen LogP contribution in [0.3, 0.4) is 0 Å². The average molecular weight is 236 g/mol. The second-order valence-corrected chi connectivity index (χ2v) is 5.04. The SMILES string of the molecule is CCCOC1(c2ccccc2)CSCC[N]1. The van der Waals surface area contributed by atoms with Crippen molar-refractivity contribution in [3.63, 3.8) is 0 Å². The van der Waals surface area contributed by atoms with E-state index in [2.05, 4.69) is 31.2 Å². The highest BCUT2D eigenvalue weighted by Crippen LogP contribution is 2.31. The second kappa shape index (κ2) is 5.71. The van der Waals surface area contributed by atoms with Gasteiger partial charge in [0.2, 0.25) is 0 Å². The van der Waals surface area contributed by atoms with Crippen molar-refractivity contribution in [1.82, 2.24) is 5.32 Å². The van der Waals surface area contributed by atoms with E-state index in [4.69, 9.17) is 10.1 Å². The Morgan fingerprint density at radius 2 is 2.19 bits per heavy atom. The van der Waals surface area contributed by atoms with Gasteiger partial charge in [-0.15, -0.1) is 0 Å². The van der Waals surface area contributed by atoms with Gasteiger partial charge in [-0.3, -0.25) is 0 Å². The fraction of sp³-hybridized carbons (Fsp3) is 0.538. The van der Waals surface area contributed by atoms with E-state index >= 15 is 0 Å². The molecule has 0 spiro atoms. The van der Waals surface area contributed by atoms with Gasteiger partial charge in [-0.25, -0.2) is 5.32 Å². The van der Waals surface area contributed by atoms with Gasteiger partial charge in [0.05, 0.1) is 0 Å². The molecule has 0 aliphatic carbocycles. The number of hydrogen-bond donors (Lipinski definition) is 0. The van der Waals surface area contributed by atoms with Gasteiger partial charge in [-0.05, 0) is 6.42 Å². The molecule has 1 aromatic carbocycles. The molecule has 1 aliphatic heterocycles. The summed E-state index contributed by atoms with van der Waals surface area (Å²) >= 11 is 1.93.